The molecule has 0 rings (SSSR count). The minimum Gasteiger partial charge on any atom is -0.351 e. The highest BCUT2D eigenvalue weighted by atomic mass is 19.3. The van der Waals surface area contributed by atoms with Crippen LogP contribution in [0, 0.1) is 0 Å². The Balaban J connectivity index is 0. The molecular formula is C4H9F2NO. The minimum atomic E-state index is -1.75. The predicted molar refractivity (Wildman–Crippen MR) is 26.8 cm³/mol. The van der Waals surface area contributed by atoms with Crippen LogP contribution in [0.25, 0.3) is 0 Å². The van der Waals surface area contributed by atoms with Crippen molar-refractivity contribution in [3.8, 4) is 0 Å². The van der Waals surface area contributed by atoms with Crippen LogP contribution >= 0.6 is 0 Å². The van der Waals surface area contributed by atoms with Crippen LogP contribution in [-0.2, 0) is 4.79 Å². The molecule has 0 heterocycles. The van der Waals surface area contributed by atoms with Gasteiger partial charge in [0.15, 0.2) is 0 Å². The van der Waals surface area contributed by atoms with Gasteiger partial charge in [-0.1, -0.05) is 0 Å². The van der Waals surface area contributed by atoms with Crippen LogP contribution < -0.4 is 0 Å². The summed E-state index contributed by atoms with van der Waals surface area (Å²) >= 11 is 0. The fourth-order valence-electron chi connectivity index (χ4n) is 0. The van der Waals surface area contributed by atoms with E-state index in [1.807, 2.05) is 0 Å². The van der Waals surface area contributed by atoms with Crippen molar-refractivity contribution in [2.75, 3.05) is 21.0 Å². The van der Waals surface area contributed by atoms with Gasteiger partial charge in [-0.15, -0.1) is 0 Å². The SMILES string of the molecule is CN(C)C=O.FCF. The summed E-state index contributed by atoms with van der Waals surface area (Å²) in [6, 6.07) is 0. The van der Waals surface area contributed by atoms with E-state index < -0.39 is 6.93 Å². The summed E-state index contributed by atoms with van der Waals surface area (Å²) in [6.07, 6.45) is 0.750. The Bertz CT molecular complexity index is 49.3. The van der Waals surface area contributed by atoms with Crippen molar-refractivity contribution in [3.63, 3.8) is 0 Å². The number of alkyl halides is 2. The summed E-state index contributed by atoms with van der Waals surface area (Å²) in [5, 5.41) is 0. The lowest BCUT2D eigenvalue weighted by Gasteiger charge is -1.93. The van der Waals surface area contributed by atoms with Gasteiger partial charge in [0.25, 0.3) is 0 Å². The maximum absolute atomic E-state index is 9.62. The van der Waals surface area contributed by atoms with E-state index >= 15 is 0 Å². The highest BCUT2D eigenvalue weighted by Crippen LogP contribution is 1.56. The molecule has 0 aliphatic carbocycles. The van der Waals surface area contributed by atoms with E-state index in [0.29, 0.717) is 0 Å². The largest absolute Gasteiger partial charge is 0.351 e. The van der Waals surface area contributed by atoms with Crippen LogP contribution in [0.2, 0.25) is 0 Å². The summed E-state index contributed by atoms with van der Waals surface area (Å²) in [7, 11) is 3.38. The molecule has 0 aliphatic heterocycles. The Kier molecular flexibility index (Phi) is 12.4. The Hall–Kier alpha value is -0.670. The van der Waals surface area contributed by atoms with Crippen LogP contribution in [0.5, 0.6) is 0 Å². The molecule has 0 aliphatic rings. The normalized spacial score (nSPS) is 6.50. The van der Waals surface area contributed by atoms with Crippen LogP contribution in [-0.4, -0.2) is 32.3 Å². The monoisotopic (exact) mass is 125 g/mol. The maximum atomic E-state index is 9.62. The highest BCUT2D eigenvalue weighted by Gasteiger charge is 1.68. The van der Waals surface area contributed by atoms with Crippen molar-refractivity contribution in [1.82, 2.24) is 4.90 Å². The first-order valence-corrected chi connectivity index (χ1v) is 1.92. The number of rotatable bonds is 1. The smallest absolute Gasteiger partial charge is 0.229 e. The molecule has 0 spiro atoms. The number of hydrogen-bond acceptors (Lipinski definition) is 1. The zero-order valence-electron chi connectivity index (χ0n) is 4.90. The van der Waals surface area contributed by atoms with Gasteiger partial charge in [0.2, 0.25) is 13.3 Å². The first-order valence-electron chi connectivity index (χ1n) is 1.92. The van der Waals surface area contributed by atoms with Crippen molar-refractivity contribution >= 4 is 6.41 Å². The fraction of sp³-hybridized carbons (Fsp3) is 0.750. The van der Waals surface area contributed by atoms with Gasteiger partial charge < -0.3 is 4.90 Å². The minimum absolute atomic E-state index is 0.750. The standard InChI is InChI=1S/C3H7NO.CH2F2/c1-4(2)3-5;2-1-3/h3H,1-2H3;1H2. The lowest BCUT2D eigenvalue weighted by molar-refractivity contribution is -0.115. The summed E-state index contributed by atoms with van der Waals surface area (Å²) in [4.78, 5) is 10.9. The van der Waals surface area contributed by atoms with Gasteiger partial charge in [0.05, 0.1) is 0 Å². The first kappa shape index (κ1) is 10.3. The Labute approximate surface area is 47.1 Å². The number of hydrogen-bond donors (Lipinski definition) is 0. The van der Waals surface area contributed by atoms with Gasteiger partial charge in [-0.3, -0.25) is 4.79 Å². The van der Waals surface area contributed by atoms with E-state index in [9.17, 15) is 13.6 Å². The average molecular weight is 125 g/mol. The van der Waals surface area contributed by atoms with Crippen LogP contribution in [0.4, 0.5) is 8.78 Å². The molecule has 50 valence electrons. The van der Waals surface area contributed by atoms with Crippen LogP contribution in [0.1, 0.15) is 0 Å². The molecule has 0 saturated heterocycles. The third kappa shape index (κ3) is 56.5. The van der Waals surface area contributed by atoms with Gasteiger partial charge in [-0.05, 0) is 0 Å². The number of halogens is 2. The summed E-state index contributed by atoms with van der Waals surface area (Å²) in [5.74, 6) is 0. The molecule has 0 aromatic heterocycles. The number of nitrogens with zero attached hydrogens (tertiary/aromatic N) is 1. The molecule has 0 unspecified atom stereocenters. The number of carbonyl (C=O) groups is 1. The predicted octanol–water partition coefficient (Wildman–Crippen LogP) is 0.587. The van der Waals surface area contributed by atoms with Gasteiger partial charge in [-0.2, -0.15) is 0 Å². The molecular weight excluding hydrogens is 116 g/mol. The van der Waals surface area contributed by atoms with E-state index in [4.69, 9.17) is 0 Å². The van der Waals surface area contributed by atoms with Crippen LogP contribution in [0.15, 0.2) is 0 Å². The van der Waals surface area contributed by atoms with Gasteiger partial charge in [-0.25, -0.2) is 8.78 Å². The molecule has 0 fully saturated rings. The lowest BCUT2D eigenvalue weighted by Crippen LogP contribution is -2.06. The Morgan fingerprint density at radius 3 is 1.62 bits per heavy atom. The molecule has 4 heteroatoms. The zero-order valence-corrected chi connectivity index (χ0v) is 4.90. The quantitative estimate of drug-likeness (QED) is 0.469. The average Bonchev–Trinajstić information content (AvgIpc) is 1.69. The topological polar surface area (TPSA) is 20.3 Å². The maximum Gasteiger partial charge on any atom is 0.229 e. The first-order chi connectivity index (χ1) is 3.68. The lowest BCUT2D eigenvalue weighted by atomic mass is 11.0. The fourth-order valence-corrected chi connectivity index (χ4v) is 0. The molecule has 0 aromatic carbocycles. The third-order valence-corrected chi connectivity index (χ3v) is 0.211. The second kappa shape index (κ2) is 9.59. The van der Waals surface area contributed by atoms with Gasteiger partial charge in [0, 0.05) is 14.1 Å². The van der Waals surface area contributed by atoms with Gasteiger partial charge >= 0.3 is 0 Å². The molecule has 0 atom stereocenters. The van der Waals surface area contributed by atoms with Crippen molar-refractivity contribution in [3.05, 3.63) is 0 Å². The van der Waals surface area contributed by atoms with Crippen LogP contribution in [0.3, 0.4) is 0 Å². The second-order valence-electron chi connectivity index (χ2n) is 1.17. The summed E-state index contributed by atoms with van der Waals surface area (Å²) in [5.41, 5.74) is 0. The van der Waals surface area contributed by atoms with Crippen molar-refractivity contribution < 1.29 is 13.6 Å². The van der Waals surface area contributed by atoms with Gasteiger partial charge in [0.1, 0.15) is 0 Å². The number of amides is 1. The van der Waals surface area contributed by atoms with E-state index in [1.165, 1.54) is 4.90 Å². The summed E-state index contributed by atoms with van der Waals surface area (Å²) < 4.78 is 19.2. The molecule has 2 nitrogen and oxygen atoms in total. The molecule has 0 bridgehead atoms. The van der Waals surface area contributed by atoms with Crippen molar-refractivity contribution in [2.45, 2.75) is 0 Å². The van der Waals surface area contributed by atoms with E-state index in [-0.39, 0.29) is 0 Å². The van der Waals surface area contributed by atoms with E-state index in [0.717, 1.165) is 6.41 Å². The Morgan fingerprint density at radius 1 is 1.50 bits per heavy atom. The van der Waals surface area contributed by atoms with Crippen molar-refractivity contribution in [1.29, 1.82) is 0 Å². The summed E-state index contributed by atoms with van der Waals surface area (Å²) in [6.45, 7) is -1.75. The zero-order chi connectivity index (χ0) is 6.99. The molecule has 0 radical (unpaired) electrons. The highest BCUT2D eigenvalue weighted by molar-refractivity contribution is 5.45. The molecule has 8 heavy (non-hydrogen) atoms. The molecule has 0 saturated carbocycles. The Morgan fingerprint density at radius 2 is 1.62 bits per heavy atom. The van der Waals surface area contributed by atoms with E-state index in [2.05, 4.69) is 0 Å². The third-order valence-electron chi connectivity index (χ3n) is 0.211. The molecule has 1 amide bonds. The molecule has 0 aromatic rings. The second-order valence-corrected chi connectivity index (χ2v) is 1.17. The van der Waals surface area contributed by atoms with E-state index in [1.54, 1.807) is 14.1 Å². The molecule has 0 N–H and O–H groups in total. The number of carbonyl (C=O) groups excluding carboxylic acids is 1. The van der Waals surface area contributed by atoms with Crippen molar-refractivity contribution in [2.24, 2.45) is 0 Å².